The summed E-state index contributed by atoms with van der Waals surface area (Å²) in [6.07, 6.45) is 0. The molecule has 0 aliphatic carbocycles. The van der Waals surface area contributed by atoms with Crippen molar-refractivity contribution in [1.82, 2.24) is 0 Å². The maximum atomic E-state index is 6.23. The molecule has 1 unspecified atom stereocenters. The SMILES string of the molecule is COc1ccc(C(N)c2sccc2C)cc1Cl. The highest BCUT2D eigenvalue weighted by Crippen LogP contribution is 2.32. The minimum Gasteiger partial charge on any atom is -0.495 e. The first kappa shape index (κ1) is 12.4. The summed E-state index contributed by atoms with van der Waals surface area (Å²) in [6.45, 7) is 2.07. The van der Waals surface area contributed by atoms with Crippen molar-refractivity contribution < 1.29 is 4.74 Å². The fourth-order valence-electron chi connectivity index (χ4n) is 1.73. The Bertz CT molecular complexity index is 524. The van der Waals surface area contributed by atoms with Crippen molar-refractivity contribution in [2.24, 2.45) is 5.73 Å². The summed E-state index contributed by atoms with van der Waals surface area (Å²) in [7, 11) is 1.60. The van der Waals surface area contributed by atoms with E-state index in [9.17, 15) is 0 Å². The van der Waals surface area contributed by atoms with Gasteiger partial charge in [0.1, 0.15) is 5.75 Å². The Morgan fingerprint density at radius 2 is 2.12 bits per heavy atom. The van der Waals surface area contributed by atoms with E-state index in [0.29, 0.717) is 10.8 Å². The number of nitrogens with two attached hydrogens (primary N) is 1. The smallest absolute Gasteiger partial charge is 0.137 e. The molecule has 0 radical (unpaired) electrons. The van der Waals surface area contributed by atoms with Crippen LogP contribution < -0.4 is 10.5 Å². The molecule has 0 fully saturated rings. The lowest BCUT2D eigenvalue weighted by atomic mass is 10.0. The highest BCUT2D eigenvalue weighted by molar-refractivity contribution is 7.10. The second kappa shape index (κ2) is 5.08. The predicted octanol–water partition coefficient (Wildman–Crippen LogP) is 3.77. The van der Waals surface area contributed by atoms with Gasteiger partial charge in [-0.3, -0.25) is 0 Å². The topological polar surface area (TPSA) is 35.2 Å². The second-order valence-electron chi connectivity index (χ2n) is 3.84. The van der Waals surface area contributed by atoms with Crippen LogP contribution in [0.1, 0.15) is 22.0 Å². The van der Waals surface area contributed by atoms with Crippen LogP contribution >= 0.6 is 22.9 Å². The van der Waals surface area contributed by atoms with Crippen LogP contribution in [0.5, 0.6) is 5.75 Å². The van der Waals surface area contributed by atoms with Crippen LogP contribution in [0.2, 0.25) is 5.02 Å². The molecule has 4 heteroatoms. The van der Waals surface area contributed by atoms with Crippen molar-refractivity contribution in [2.75, 3.05) is 7.11 Å². The molecule has 0 spiro atoms. The normalized spacial score (nSPS) is 12.5. The van der Waals surface area contributed by atoms with E-state index >= 15 is 0 Å². The van der Waals surface area contributed by atoms with Gasteiger partial charge in [-0.05, 0) is 41.6 Å². The Hall–Kier alpha value is -1.03. The van der Waals surface area contributed by atoms with Crippen molar-refractivity contribution in [3.05, 3.63) is 50.7 Å². The number of aryl methyl sites for hydroxylation is 1. The van der Waals surface area contributed by atoms with E-state index in [1.54, 1.807) is 18.4 Å². The predicted molar refractivity (Wildman–Crippen MR) is 73.1 cm³/mol. The minimum atomic E-state index is -0.126. The Kier molecular flexibility index (Phi) is 3.72. The van der Waals surface area contributed by atoms with Crippen LogP contribution in [0.3, 0.4) is 0 Å². The summed E-state index contributed by atoms with van der Waals surface area (Å²) in [6, 6.07) is 7.61. The lowest BCUT2D eigenvalue weighted by Crippen LogP contribution is -2.11. The zero-order valence-corrected chi connectivity index (χ0v) is 11.3. The highest BCUT2D eigenvalue weighted by atomic mass is 35.5. The molecule has 0 bridgehead atoms. The van der Waals surface area contributed by atoms with Gasteiger partial charge in [0.05, 0.1) is 18.2 Å². The highest BCUT2D eigenvalue weighted by Gasteiger charge is 2.14. The number of halogens is 1. The van der Waals surface area contributed by atoms with Crippen LogP contribution in [-0.4, -0.2) is 7.11 Å². The quantitative estimate of drug-likeness (QED) is 0.919. The molecule has 0 saturated carbocycles. The van der Waals surface area contributed by atoms with Crippen molar-refractivity contribution >= 4 is 22.9 Å². The fourth-order valence-corrected chi connectivity index (χ4v) is 2.95. The third-order valence-corrected chi connectivity index (χ3v) is 4.12. The molecule has 1 heterocycles. The molecule has 2 rings (SSSR count). The molecule has 2 N–H and O–H groups in total. The number of hydrogen-bond donors (Lipinski definition) is 1. The van der Waals surface area contributed by atoms with Gasteiger partial charge >= 0.3 is 0 Å². The zero-order chi connectivity index (χ0) is 12.4. The maximum Gasteiger partial charge on any atom is 0.137 e. The zero-order valence-electron chi connectivity index (χ0n) is 9.74. The van der Waals surface area contributed by atoms with E-state index in [0.717, 1.165) is 5.56 Å². The molecule has 2 nitrogen and oxygen atoms in total. The van der Waals surface area contributed by atoms with E-state index < -0.39 is 0 Å². The summed E-state index contributed by atoms with van der Waals surface area (Å²) in [5.41, 5.74) is 8.45. The summed E-state index contributed by atoms with van der Waals surface area (Å²) in [4.78, 5) is 1.17. The van der Waals surface area contributed by atoms with E-state index in [1.165, 1.54) is 10.4 Å². The number of benzene rings is 1. The summed E-state index contributed by atoms with van der Waals surface area (Å²) in [5, 5.41) is 2.64. The first-order valence-electron chi connectivity index (χ1n) is 5.26. The maximum absolute atomic E-state index is 6.23. The van der Waals surface area contributed by atoms with E-state index in [4.69, 9.17) is 22.1 Å². The number of methoxy groups -OCH3 is 1. The van der Waals surface area contributed by atoms with Gasteiger partial charge in [-0.25, -0.2) is 0 Å². The average molecular weight is 268 g/mol. The van der Waals surface area contributed by atoms with Crippen LogP contribution in [0.25, 0.3) is 0 Å². The van der Waals surface area contributed by atoms with Crippen LogP contribution in [0.4, 0.5) is 0 Å². The third kappa shape index (κ3) is 2.46. The third-order valence-electron chi connectivity index (χ3n) is 2.72. The second-order valence-corrected chi connectivity index (χ2v) is 5.19. The van der Waals surface area contributed by atoms with Crippen molar-refractivity contribution in [1.29, 1.82) is 0 Å². The van der Waals surface area contributed by atoms with Crippen molar-refractivity contribution in [3.63, 3.8) is 0 Å². The number of hydrogen-bond acceptors (Lipinski definition) is 3. The molecule has 0 aliphatic rings. The first-order valence-corrected chi connectivity index (χ1v) is 6.52. The van der Waals surface area contributed by atoms with E-state index in [-0.39, 0.29) is 6.04 Å². The standard InChI is InChI=1S/C13H14ClNOS/c1-8-5-6-17-13(8)12(15)9-3-4-11(16-2)10(14)7-9/h3-7,12H,15H2,1-2H3. The van der Waals surface area contributed by atoms with Crippen molar-refractivity contribution in [3.8, 4) is 5.75 Å². The fraction of sp³-hybridized carbons (Fsp3) is 0.231. The van der Waals surface area contributed by atoms with Gasteiger partial charge in [0.25, 0.3) is 0 Å². The van der Waals surface area contributed by atoms with Crippen LogP contribution in [0.15, 0.2) is 29.6 Å². The lowest BCUT2D eigenvalue weighted by Gasteiger charge is -2.13. The average Bonchev–Trinajstić information content (AvgIpc) is 2.74. The Labute approximate surface area is 110 Å². The van der Waals surface area contributed by atoms with Gasteiger partial charge in [-0.15, -0.1) is 11.3 Å². The van der Waals surface area contributed by atoms with Gasteiger partial charge in [0.15, 0.2) is 0 Å². The summed E-state index contributed by atoms with van der Waals surface area (Å²) < 4.78 is 5.12. The molecule has 2 aromatic rings. The molecule has 0 amide bonds. The van der Waals surface area contributed by atoms with Gasteiger partial charge in [0, 0.05) is 4.88 Å². The minimum absolute atomic E-state index is 0.126. The number of rotatable bonds is 3. The molecular formula is C13H14ClNOS. The van der Waals surface area contributed by atoms with Gasteiger partial charge in [0.2, 0.25) is 0 Å². The molecule has 90 valence electrons. The number of thiophene rings is 1. The summed E-state index contributed by atoms with van der Waals surface area (Å²) in [5.74, 6) is 0.672. The molecule has 1 atom stereocenters. The molecule has 0 aliphatic heterocycles. The molecular weight excluding hydrogens is 254 g/mol. The molecule has 0 saturated heterocycles. The Balaban J connectivity index is 2.35. The van der Waals surface area contributed by atoms with Crippen molar-refractivity contribution in [2.45, 2.75) is 13.0 Å². The van der Waals surface area contributed by atoms with E-state index in [1.807, 2.05) is 18.2 Å². The monoisotopic (exact) mass is 267 g/mol. The molecule has 17 heavy (non-hydrogen) atoms. The van der Waals surface area contributed by atoms with Crippen LogP contribution in [-0.2, 0) is 0 Å². The molecule has 1 aromatic carbocycles. The first-order chi connectivity index (χ1) is 8.13. The molecule has 1 aromatic heterocycles. The van der Waals surface area contributed by atoms with Gasteiger partial charge in [-0.2, -0.15) is 0 Å². The number of ether oxygens (including phenoxy) is 1. The van der Waals surface area contributed by atoms with Gasteiger partial charge < -0.3 is 10.5 Å². The lowest BCUT2D eigenvalue weighted by molar-refractivity contribution is 0.415. The van der Waals surface area contributed by atoms with Crippen LogP contribution in [0, 0.1) is 6.92 Å². The Morgan fingerprint density at radius 3 is 2.65 bits per heavy atom. The largest absolute Gasteiger partial charge is 0.495 e. The van der Waals surface area contributed by atoms with Gasteiger partial charge in [-0.1, -0.05) is 17.7 Å². The Morgan fingerprint density at radius 1 is 1.35 bits per heavy atom. The van der Waals surface area contributed by atoms with E-state index in [2.05, 4.69) is 18.4 Å². The summed E-state index contributed by atoms with van der Waals surface area (Å²) >= 11 is 7.77.